The van der Waals surface area contributed by atoms with Crippen LogP contribution in [0, 0.1) is 0 Å². The Balaban J connectivity index is 2.80. The van der Waals surface area contributed by atoms with E-state index in [1.165, 1.54) is 25.7 Å². The lowest BCUT2D eigenvalue weighted by molar-refractivity contribution is 0.250. The minimum Gasteiger partial charge on any atom is -0.402 e. The van der Waals surface area contributed by atoms with E-state index in [1.54, 1.807) is 0 Å². The van der Waals surface area contributed by atoms with E-state index in [4.69, 9.17) is 13.0 Å². The fraction of sp³-hybridized carbons (Fsp3) is 1.00. The molecule has 0 aliphatic rings. The minimum atomic E-state index is -0.707. The lowest BCUT2D eigenvalue weighted by Crippen LogP contribution is -2.27. The first-order chi connectivity index (χ1) is 5.27. The first kappa shape index (κ1) is 11.0. The summed E-state index contributed by atoms with van der Waals surface area (Å²) in [5.41, 5.74) is 0. The summed E-state index contributed by atoms with van der Waals surface area (Å²) in [5, 5.41) is 11.7. The standard InChI is InChI=1S/C8H18BNO/c1-2-3-4-5-6-10-7-8(9)11/h8,10-11H,2-7H2,1H3. The highest BCUT2D eigenvalue weighted by atomic mass is 16.3. The Bertz CT molecular complexity index is 78.5. The van der Waals surface area contributed by atoms with Crippen molar-refractivity contribution in [1.82, 2.24) is 5.32 Å². The first-order valence-corrected chi connectivity index (χ1v) is 4.41. The van der Waals surface area contributed by atoms with Gasteiger partial charge in [0.15, 0.2) is 0 Å². The van der Waals surface area contributed by atoms with Gasteiger partial charge in [0.2, 0.25) is 0 Å². The monoisotopic (exact) mass is 155 g/mol. The van der Waals surface area contributed by atoms with Crippen molar-refractivity contribution in [3.8, 4) is 0 Å². The summed E-state index contributed by atoms with van der Waals surface area (Å²) in [4.78, 5) is 0. The molecule has 3 heteroatoms. The molecule has 0 bridgehead atoms. The summed E-state index contributed by atoms with van der Waals surface area (Å²) in [6.45, 7) is 3.66. The third kappa shape index (κ3) is 9.98. The van der Waals surface area contributed by atoms with Crippen LogP contribution in [0.4, 0.5) is 0 Å². The van der Waals surface area contributed by atoms with Gasteiger partial charge in [0.25, 0.3) is 0 Å². The third-order valence-corrected chi connectivity index (χ3v) is 1.56. The van der Waals surface area contributed by atoms with Gasteiger partial charge in [0.05, 0.1) is 0 Å². The Kier molecular flexibility index (Phi) is 8.07. The Morgan fingerprint density at radius 1 is 1.36 bits per heavy atom. The molecule has 2 N–H and O–H groups in total. The van der Waals surface area contributed by atoms with Crippen molar-refractivity contribution in [3.63, 3.8) is 0 Å². The summed E-state index contributed by atoms with van der Waals surface area (Å²) in [6, 6.07) is -0.707. The van der Waals surface area contributed by atoms with Gasteiger partial charge in [0.1, 0.15) is 7.85 Å². The molecule has 0 aromatic rings. The van der Waals surface area contributed by atoms with Crippen molar-refractivity contribution < 1.29 is 5.11 Å². The van der Waals surface area contributed by atoms with Crippen LogP contribution in [0.1, 0.15) is 32.6 Å². The van der Waals surface area contributed by atoms with Crippen molar-refractivity contribution in [2.24, 2.45) is 0 Å². The van der Waals surface area contributed by atoms with Crippen LogP contribution in [-0.2, 0) is 0 Å². The Morgan fingerprint density at radius 3 is 2.64 bits per heavy atom. The van der Waals surface area contributed by atoms with Gasteiger partial charge >= 0.3 is 0 Å². The zero-order chi connectivity index (χ0) is 8.53. The van der Waals surface area contributed by atoms with Crippen LogP contribution < -0.4 is 5.32 Å². The van der Waals surface area contributed by atoms with E-state index in [0.29, 0.717) is 6.54 Å². The molecule has 0 aliphatic carbocycles. The average Bonchev–Trinajstić information content (AvgIpc) is 1.96. The molecule has 0 heterocycles. The largest absolute Gasteiger partial charge is 0.402 e. The van der Waals surface area contributed by atoms with Crippen LogP contribution in [0.3, 0.4) is 0 Å². The molecule has 0 aromatic carbocycles. The summed E-state index contributed by atoms with van der Waals surface area (Å²) in [5.74, 6) is 0. The summed E-state index contributed by atoms with van der Waals surface area (Å²) in [6.07, 6.45) is 5.01. The second-order valence-corrected chi connectivity index (χ2v) is 2.83. The third-order valence-electron chi connectivity index (χ3n) is 1.56. The van der Waals surface area contributed by atoms with Crippen LogP contribution in [0.25, 0.3) is 0 Å². The molecule has 0 aromatic heterocycles. The maximum atomic E-state index is 8.67. The highest BCUT2D eigenvalue weighted by Gasteiger charge is 1.92. The van der Waals surface area contributed by atoms with Gasteiger partial charge in [-0.3, -0.25) is 0 Å². The molecule has 0 saturated heterocycles. The predicted molar refractivity (Wildman–Crippen MR) is 48.8 cm³/mol. The molecule has 0 amide bonds. The van der Waals surface area contributed by atoms with E-state index in [1.807, 2.05) is 0 Å². The van der Waals surface area contributed by atoms with Crippen molar-refractivity contribution in [2.45, 2.75) is 38.6 Å². The van der Waals surface area contributed by atoms with E-state index in [-0.39, 0.29) is 0 Å². The van der Waals surface area contributed by atoms with Crippen molar-refractivity contribution >= 4 is 7.85 Å². The lowest BCUT2D eigenvalue weighted by Gasteiger charge is -2.05. The van der Waals surface area contributed by atoms with Gasteiger partial charge in [-0.05, 0) is 13.0 Å². The molecule has 2 nitrogen and oxygen atoms in total. The topological polar surface area (TPSA) is 32.3 Å². The van der Waals surface area contributed by atoms with Crippen LogP contribution in [0.15, 0.2) is 0 Å². The maximum Gasteiger partial charge on any atom is 0.110 e. The predicted octanol–water partition coefficient (Wildman–Crippen LogP) is 0.643. The molecule has 64 valence electrons. The van der Waals surface area contributed by atoms with Gasteiger partial charge in [0, 0.05) is 12.5 Å². The number of aliphatic hydroxyl groups excluding tert-OH is 1. The second kappa shape index (κ2) is 8.09. The summed E-state index contributed by atoms with van der Waals surface area (Å²) >= 11 is 0. The number of rotatable bonds is 7. The smallest absolute Gasteiger partial charge is 0.110 e. The van der Waals surface area contributed by atoms with Gasteiger partial charge in [-0.25, -0.2) is 0 Å². The minimum absolute atomic E-state index is 0.506. The van der Waals surface area contributed by atoms with Gasteiger partial charge in [-0.2, -0.15) is 0 Å². The highest BCUT2D eigenvalue weighted by molar-refractivity contribution is 6.10. The molecule has 0 fully saturated rings. The van der Waals surface area contributed by atoms with Gasteiger partial charge < -0.3 is 10.4 Å². The molecule has 2 radical (unpaired) electrons. The lowest BCUT2D eigenvalue weighted by atomic mass is 10.0. The molecule has 0 rings (SSSR count). The normalized spacial score (nSPS) is 13.3. The molecular formula is C8H18BNO. The molecule has 0 spiro atoms. The van der Waals surface area contributed by atoms with Gasteiger partial charge in [-0.15, -0.1) is 0 Å². The zero-order valence-electron chi connectivity index (χ0n) is 7.34. The van der Waals surface area contributed by atoms with E-state index in [9.17, 15) is 0 Å². The Morgan fingerprint density at radius 2 is 2.09 bits per heavy atom. The number of hydrogen-bond donors (Lipinski definition) is 2. The van der Waals surface area contributed by atoms with Crippen LogP contribution >= 0.6 is 0 Å². The van der Waals surface area contributed by atoms with Crippen LogP contribution in [0.5, 0.6) is 0 Å². The average molecular weight is 155 g/mol. The maximum absolute atomic E-state index is 8.67. The van der Waals surface area contributed by atoms with E-state index < -0.39 is 6.00 Å². The van der Waals surface area contributed by atoms with Gasteiger partial charge in [-0.1, -0.05) is 26.2 Å². The quantitative estimate of drug-likeness (QED) is 0.417. The summed E-state index contributed by atoms with van der Waals surface area (Å²) < 4.78 is 0. The first-order valence-electron chi connectivity index (χ1n) is 4.41. The van der Waals surface area contributed by atoms with Crippen molar-refractivity contribution in [2.75, 3.05) is 13.1 Å². The molecule has 0 saturated carbocycles. The SMILES string of the molecule is [B]C(O)CNCCCCCC. The van der Waals surface area contributed by atoms with Crippen molar-refractivity contribution in [1.29, 1.82) is 0 Å². The number of nitrogens with one attached hydrogen (secondary N) is 1. The zero-order valence-corrected chi connectivity index (χ0v) is 7.34. The van der Waals surface area contributed by atoms with Crippen LogP contribution in [0.2, 0.25) is 0 Å². The summed E-state index contributed by atoms with van der Waals surface area (Å²) in [7, 11) is 5.13. The van der Waals surface area contributed by atoms with E-state index >= 15 is 0 Å². The van der Waals surface area contributed by atoms with E-state index in [0.717, 1.165) is 6.54 Å². The Hall–Kier alpha value is -0.0151. The fourth-order valence-corrected chi connectivity index (χ4v) is 0.927. The highest BCUT2D eigenvalue weighted by Crippen LogP contribution is 1.96. The molecular weight excluding hydrogens is 137 g/mol. The molecule has 1 unspecified atom stereocenters. The molecule has 11 heavy (non-hydrogen) atoms. The van der Waals surface area contributed by atoms with Crippen LogP contribution in [-0.4, -0.2) is 32.0 Å². The second-order valence-electron chi connectivity index (χ2n) is 2.83. The molecule has 0 aliphatic heterocycles. The number of unbranched alkanes of at least 4 members (excludes halogenated alkanes) is 3. The number of hydrogen-bond acceptors (Lipinski definition) is 2. The van der Waals surface area contributed by atoms with Crippen molar-refractivity contribution in [3.05, 3.63) is 0 Å². The molecule has 1 atom stereocenters. The van der Waals surface area contributed by atoms with E-state index in [2.05, 4.69) is 12.2 Å². The number of aliphatic hydroxyl groups is 1. The fourth-order valence-electron chi connectivity index (χ4n) is 0.927. The Labute approximate surface area is 70.8 Å².